The Morgan fingerprint density at radius 1 is 0.774 bits per heavy atom. The number of carbonyl (C=O) groups excluding carboxylic acids is 2. The van der Waals surface area contributed by atoms with Gasteiger partial charge in [-0.1, -0.05) is 27.2 Å². The van der Waals surface area contributed by atoms with Crippen LogP contribution in [0, 0.1) is 0 Å². The number of rotatable bonds is 19. The van der Waals surface area contributed by atoms with Gasteiger partial charge in [0.2, 0.25) is 0 Å². The maximum Gasteiger partial charge on any atom is 0.319 e. The van der Waals surface area contributed by atoms with Crippen LogP contribution in [0.1, 0.15) is 33.6 Å². The Morgan fingerprint density at radius 2 is 1.26 bits per heavy atom. The highest BCUT2D eigenvalue weighted by Gasteiger charge is 2.17. The van der Waals surface area contributed by atoms with E-state index >= 15 is 0 Å². The monoisotopic (exact) mass is 446 g/mol. The number of esters is 2. The van der Waals surface area contributed by atoms with Gasteiger partial charge >= 0.3 is 11.9 Å². The molecule has 0 aromatic rings. The SMILES string of the molecule is CCCC(O)CN(CCN(C)CC(=O)OC)CCN(CCN(CC)CC)CC(=O)OC. The summed E-state index contributed by atoms with van der Waals surface area (Å²) >= 11 is 0. The van der Waals surface area contributed by atoms with Crippen molar-refractivity contribution in [1.82, 2.24) is 19.6 Å². The molecule has 0 aliphatic heterocycles. The zero-order valence-corrected chi connectivity index (χ0v) is 20.6. The first-order valence-electron chi connectivity index (χ1n) is 11.5. The average molecular weight is 447 g/mol. The lowest BCUT2D eigenvalue weighted by Crippen LogP contribution is -2.45. The van der Waals surface area contributed by atoms with Crippen LogP contribution in [0.5, 0.6) is 0 Å². The minimum atomic E-state index is -0.388. The molecule has 0 radical (unpaired) electrons. The normalized spacial score (nSPS) is 12.7. The molecular weight excluding hydrogens is 400 g/mol. The first-order chi connectivity index (χ1) is 14.8. The van der Waals surface area contributed by atoms with Gasteiger partial charge in [-0.3, -0.25) is 24.3 Å². The van der Waals surface area contributed by atoms with Gasteiger partial charge in [-0.2, -0.15) is 0 Å². The minimum absolute atomic E-state index is 0.236. The summed E-state index contributed by atoms with van der Waals surface area (Å²) in [5.74, 6) is -0.504. The zero-order valence-electron chi connectivity index (χ0n) is 20.6. The van der Waals surface area contributed by atoms with Gasteiger partial charge in [-0.25, -0.2) is 0 Å². The molecule has 0 saturated heterocycles. The quantitative estimate of drug-likeness (QED) is 0.283. The second-order valence-electron chi connectivity index (χ2n) is 7.94. The Morgan fingerprint density at radius 3 is 1.77 bits per heavy atom. The molecule has 0 spiro atoms. The van der Waals surface area contributed by atoms with Crippen LogP contribution < -0.4 is 0 Å². The summed E-state index contributed by atoms with van der Waals surface area (Å²) in [6, 6.07) is 0. The largest absolute Gasteiger partial charge is 0.468 e. The number of aliphatic hydroxyl groups is 1. The number of ether oxygens (including phenoxy) is 2. The number of hydrogen-bond donors (Lipinski definition) is 1. The second kappa shape index (κ2) is 18.3. The smallest absolute Gasteiger partial charge is 0.319 e. The van der Waals surface area contributed by atoms with E-state index in [1.54, 1.807) is 0 Å². The van der Waals surface area contributed by atoms with E-state index in [1.165, 1.54) is 14.2 Å². The number of hydrogen-bond acceptors (Lipinski definition) is 9. The third-order valence-corrected chi connectivity index (χ3v) is 5.46. The van der Waals surface area contributed by atoms with Gasteiger partial charge in [0.25, 0.3) is 0 Å². The fraction of sp³-hybridized carbons (Fsp3) is 0.909. The van der Waals surface area contributed by atoms with Crippen molar-refractivity contribution in [2.24, 2.45) is 0 Å². The topological polar surface area (TPSA) is 85.8 Å². The molecule has 9 heteroatoms. The number of likely N-dealkylation sites (N-methyl/N-ethyl adjacent to an activating group) is 2. The molecule has 0 amide bonds. The van der Waals surface area contributed by atoms with E-state index in [0.717, 1.165) is 52.1 Å². The molecule has 0 fully saturated rings. The van der Waals surface area contributed by atoms with Crippen LogP contribution in [0.2, 0.25) is 0 Å². The first kappa shape index (κ1) is 29.7. The van der Waals surface area contributed by atoms with Gasteiger partial charge in [0.15, 0.2) is 0 Å². The number of aliphatic hydroxyl groups excluding tert-OH is 1. The van der Waals surface area contributed by atoms with Crippen LogP contribution in [0.4, 0.5) is 0 Å². The Hall–Kier alpha value is -1.26. The summed E-state index contributed by atoms with van der Waals surface area (Å²) in [5, 5.41) is 10.3. The van der Waals surface area contributed by atoms with Crippen molar-refractivity contribution >= 4 is 11.9 Å². The van der Waals surface area contributed by atoms with Crippen molar-refractivity contribution in [3.8, 4) is 0 Å². The Bertz CT molecular complexity index is 477. The standard InChI is InChI=1S/C22H46N4O5/c1-7-10-20(27)17-25(12-11-23(4)18-21(28)30-5)15-16-26(19-22(29)31-6)14-13-24(8-2)9-3/h20,27H,7-19H2,1-6H3. The Labute approximate surface area is 189 Å². The predicted molar refractivity (Wildman–Crippen MR) is 123 cm³/mol. The summed E-state index contributed by atoms with van der Waals surface area (Å²) in [4.78, 5) is 31.9. The number of nitrogens with zero attached hydrogens (tertiary/aromatic N) is 4. The van der Waals surface area contributed by atoms with Gasteiger partial charge in [0.1, 0.15) is 0 Å². The van der Waals surface area contributed by atoms with Crippen LogP contribution >= 0.6 is 0 Å². The molecule has 0 aromatic carbocycles. The van der Waals surface area contributed by atoms with Crippen molar-refractivity contribution < 1.29 is 24.2 Å². The molecule has 0 aromatic heterocycles. The van der Waals surface area contributed by atoms with Gasteiger partial charge < -0.3 is 19.5 Å². The fourth-order valence-corrected chi connectivity index (χ4v) is 3.32. The van der Waals surface area contributed by atoms with E-state index < -0.39 is 0 Å². The molecule has 0 saturated carbocycles. The van der Waals surface area contributed by atoms with Crippen molar-refractivity contribution in [1.29, 1.82) is 0 Å². The third-order valence-electron chi connectivity index (χ3n) is 5.46. The average Bonchev–Trinajstić information content (AvgIpc) is 2.75. The lowest BCUT2D eigenvalue weighted by Gasteiger charge is -2.31. The molecule has 0 aliphatic carbocycles. The zero-order chi connectivity index (χ0) is 23.6. The van der Waals surface area contributed by atoms with E-state index in [-0.39, 0.29) is 31.1 Å². The summed E-state index contributed by atoms with van der Waals surface area (Å²) in [7, 11) is 4.68. The summed E-state index contributed by atoms with van der Waals surface area (Å²) in [5.41, 5.74) is 0. The number of carbonyl (C=O) groups is 2. The van der Waals surface area contributed by atoms with Crippen LogP contribution in [-0.2, 0) is 19.1 Å². The Balaban J connectivity index is 4.92. The maximum absolute atomic E-state index is 11.9. The molecule has 0 heterocycles. The van der Waals surface area contributed by atoms with Crippen molar-refractivity contribution in [3.05, 3.63) is 0 Å². The summed E-state index contributed by atoms with van der Waals surface area (Å²) < 4.78 is 9.60. The van der Waals surface area contributed by atoms with E-state index in [4.69, 9.17) is 9.47 Å². The van der Waals surface area contributed by atoms with Crippen LogP contribution in [0.3, 0.4) is 0 Å². The molecule has 0 aliphatic rings. The third kappa shape index (κ3) is 15.2. The van der Waals surface area contributed by atoms with E-state index in [1.807, 2.05) is 11.9 Å². The predicted octanol–water partition coefficient (Wildman–Crippen LogP) is 0.371. The molecule has 1 N–H and O–H groups in total. The van der Waals surface area contributed by atoms with E-state index in [2.05, 4.69) is 35.5 Å². The molecule has 0 rings (SSSR count). The summed E-state index contributed by atoms with van der Waals surface area (Å²) in [6.07, 6.45) is 1.29. The molecule has 1 atom stereocenters. The van der Waals surface area contributed by atoms with E-state index in [9.17, 15) is 14.7 Å². The van der Waals surface area contributed by atoms with Crippen LogP contribution in [-0.4, -0.2) is 136 Å². The van der Waals surface area contributed by atoms with E-state index in [0.29, 0.717) is 19.6 Å². The maximum atomic E-state index is 11.9. The van der Waals surface area contributed by atoms with Crippen molar-refractivity contribution in [2.75, 3.05) is 93.3 Å². The second-order valence-corrected chi connectivity index (χ2v) is 7.94. The molecule has 31 heavy (non-hydrogen) atoms. The highest BCUT2D eigenvalue weighted by atomic mass is 16.5. The first-order valence-corrected chi connectivity index (χ1v) is 11.5. The van der Waals surface area contributed by atoms with Gasteiger partial charge in [-0.05, 0) is 26.6 Å². The van der Waals surface area contributed by atoms with Gasteiger partial charge in [-0.15, -0.1) is 0 Å². The van der Waals surface area contributed by atoms with Crippen molar-refractivity contribution in [2.45, 2.75) is 39.7 Å². The lowest BCUT2D eigenvalue weighted by atomic mass is 10.2. The highest BCUT2D eigenvalue weighted by molar-refractivity contribution is 5.71. The molecule has 9 nitrogen and oxygen atoms in total. The van der Waals surface area contributed by atoms with Gasteiger partial charge in [0, 0.05) is 45.8 Å². The molecular formula is C22H46N4O5. The lowest BCUT2D eigenvalue weighted by molar-refractivity contribution is -0.142. The van der Waals surface area contributed by atoms with Crippen LogP contribution in [0.15, 0.2) is 0 Å². The Kier molecular flexibility index (Phi) is 17.6. The van der Waals surface area contributed by atoms with Gasteiger partial charge in [0.05, 0.1) is 33.4 Å². The summed E-state index contributed by atoms with van der Waals surface area (Å²) in [6.45, 7) is 13.9. The molecule has 1 unspecified atom stereocenters. The minimum Gasteiger partial charge on any atom is -0.468 e. The van der Waals surface area contributed by atoms with Crippen molar-refractivity contribution in [3.63, 3.8) is 0 Å². The molecule has 0 bridgehead atoms. The highest BCUT2D eigenvalue weighted by Crippen LogP contribution is 2.03. The van der Waals surface area contributed by atoms with Crippen LogP contribution in [0.25, 0.3) is 0 Å². The number of methoxy groups -OCH3 is 2. The fourth-order valence-electron chi connectivity index (χ4n) is 3.32. The molecule has 184 valence electrons.